The highest BCUT2D eigenvalue weighted by atomic mass is 32.1. The van der Waals surface area contributed by atoms with Gasteiger partial charge in [0, 0.05) is 10.6 Å². The zero-order chi connectivity index (χ0) is 21.5. The van der Waals surface area contributed by atoms with Crippen molar-refractivity contribution in [2.24, 2.45) is 23.7 Å². The van der Waals surface area contributed by atoms with E-state index in [-0.39, 0.29) is 23.7 Å². The molecule has 0 saturated heterocycles. The van der Waals surface area contributed by atoms with Crippen molar-refractivity contribution < 1.29 is 19.5 Å². The number of amides is 2. The number of hydrogen-bond donors (Lipinski definition) is 3. The molecule has 1 aromatic heterocycles. The molecule has 0 spiro atoms. The van der Waals surface area contributed by atoms with Gasteiger partial charge in [0.05, 0.1) is 17.4 Å². The SMILES string of the molecule is O=C(Nc1ccccc1)c1c(NC(=O)[C@@H]2[C@@H](C(=O)O)[C@@H]3C=C[C@H]2CC3)sc2c1CCC2. The molecular formula is C24H24N2O4S. The van der Waals surface area contributed by atoms with Gasteiger partial charge in [0.25, 0.3) is 5.91 Å². The Morgan fingerprint density at radius 2 is 1.65 bits per heavy atom. The van der Waals surface area contributed by atoms with E-state index in [1.807, 2.05) is 42.5 Å². The number of carboxylic acid groups (broad SMARTS) is 1. The lowest BCUT2D eigenvalue weighted by Crippen LogP contribution is -2.47. The van der Waals surface area contributed by atoms with E-state index in [2.05, 4.69) is 10.6 Å². The van der Waals surface area contributed by atoms with Crippen molar-refractivity contribution in [3.05, 3.63) is 58.5 Å². The summed E-state index contributed by atoms with van der Waals surface area (Å²) in [6, 6.07) is 9.24. The highest BCUT2D eigenvalue weighted by molar-refractivity contribution is 7.17. The third-order valence-electron chi connectivity index (χ3n) is 6.75. The molecule has 4 aliphatic rings. The number of allylic oxidation sites excluding steroid dienone is 2. The average molecular weight is 437 g/mol. The number of anilines is 2. The molecule has 4 atom stereocenters. The lowest BCUT2D eigenvalue weighted by molar-refractivity contribution is -0.151. The average Bonchev–Trinajstić information content (AvgIpc) is 3.35. The highest BCUT2D eigenvalue weighted by Crippen LogP contribution is 2.46. The molecule has 4 aliphatic carbocycles. The topological polar surface area (TPSA) is 95.5 Å². The number of fused-ring (bicyclic) bond motifs is 3. The molecule has 7 heteroatoms. The van der Waals surface area contributed by atoms with E-state index in [1.165, 1.54) is 11.3 Å². The minimum absolute atomic E-state index is 0.0699. The lowest BCUT2D eigenvalue weighted by Gasteiger charge is -2.41. The molecule has 31 heavy (non-hydrogen) atoms. The van der Waals surface area contributed by atoms with Crippen LogP contribution in [-0.4, -0.2) is 22.9 Å². The van der Waals surface area contributed by atoms with Gasteiger partial charge in [-0.3, -0.25) is 14.4 Å². The summed E-state index contributed by atoms with van der Waals surface area (Å²) in [6.07, 6.45) is 8.29. The monoisotopic (exact) mass is 436 g/mol. The number of rotatable bonds is 5. The predicted molar refractivity (Wildman–Crippen MR) is 119 cm³/mol. The van der Waals surface area contributed by atoms with Crippen LogP contribution in [0.25, 0.3) is 0 Å². The van der Waals surface area contributed by atoms with Gasteiger partial charge in [-0.2, -0.15) is 0 Å². The maximum atomic E-state index is 13.3. The van der Waals surface area contributed by atoms with E-state index in [9.17, 15) is 19.5 Å². The second-order valence-corrected chi connectivity index (χ2v) is 9.66. The van der Waals surface area contributed by atoms with Crippen molar-refractivity contribution >= 4 is 39.8 Å². The number of para-hydroxylation sites is 1. The molecule has 0 aliphatic heterocycles. The van der Waals surface area contributed by atoms with E-state index < -0.39 is 17.8 Å². The number of carbonyl (C=O) groups is 3. The molecule has 1 aromatic carbocycles. The van der Waals surface area contributed by atoms with E-state index in [4.69, 9.17) is 0 Å². The summed E-state index contributed by atoms with van der Waals surface area (Å²) >= 11 is 1.45. The van der Waals surface area contributed by atoms with Gasteiger partial charge in [0.2, 0.25) is 5.91 Å². The minimum Gasteiger partial charge on any atom is -0.481 e. The Labute approximate surface area is 184 Å². The molecule has 160 valence electrons. The summed E-state index contributed by atoms with van der Waals surface area (Å²) in [5.74, 6) is -2.94. The third kappa shape index (κ3) is 3.57. The number of hydrogen-bond acceptors (Lipinski definition) is 4. The van der Waals surface area contributed by atoms with Gasteiger partial charge >= 0.3 is 5.97 Å². The first-order chi connectivity index (χ1) is 15.0. The van der Waals surface area contributed by atoms with Gasteiger partial charge in [-0.15, -0.1) is 11.3 Å². The molecule has 1 fully saturated rings. The van der Waals surface area contributed by atoms with E-state index in [0.29, 0.717) is 16.3 Å². The normalized spacial score (nSPS) is 25.8. The first-order valence-electron chi connectivity index (χ1n) is 10.8. The lowest BCUT2D eigenvalue weighted by atomic mass is 9.62. The van der Waals surface area contributed by atoms with Gasteiger partial charge < -0.3 is 15.7 Å². The first kappa shape index (κ1) is 20.0. The van der Waals surface area contributed by atoms with Crippen LogP contribution < -0.4 is 10.6 Å². The summed E-state index contributed by atoms with van der Waals surface area (Å²) in [5.41, 5.74) is 2.23. The van der Waals surface area contributed by atoms with Crippen LogP contribution in [-0.2, 0) is 22.4 Å². The van der Waals surface area contributed by atoms with Crippen molar-refractivity contribution in [2.45, 2.75) is 32.1 Å². The van der Waals surface area contributed by atoms with E-state index in [1.54, 1.807) is 0 Å². The summed E-state index contributed by atoms with van der Waals surface area (Å²) in [7, 11) is 0. The van der Waals surface area contributed by atoms with Gasteiger partial charge in [0.1, 0.15) is 5.00 Å². The van der Waals surface area contributed by atoms with Gasteiger partial charge in [-0.05, 0) is 61.6 Å². The minimum atomic E-state index is -0.921. The van der Waals surface area contributed by atoms with Crippen LogP contribution in [0.5, 0.6) is 0 Å². The summed E-state index contributed by atoms with van der Waals surface area (Å²) in [5, 5.41) is 16.2. The molecule has 0 unspecified atom stereocenters. The number of carbonyl (C=O) groups excluding carboxylic acids is 2. The number of carboxylic acids is 1. The van der Waals surface area contributed by atoms with Crippen molar-refractivity contribution in [2.75, 3.05) is 10.6 Å². The second kappa shape index (κ2) is 7.96. The fraction of sp³-hybridized carbons (Fsp3) is 0.375. The molecule has 2 amide bonds. The Hall–Kier alpha value is -2.93. The van der Waals surface area contributed by atoms with Crippen LogP contribution in [0.15, 0.2) is 42.5 Å². The van der Waals surface area contributed by atoms with Crippen LogP contribution in [0.3, 0.4) is 0 Å². The number of benzene rings is 1. The molecule has 0 radical (unpaired) electrons. The van der Waals surface area contributed by atoms with Crippen LogP contribution in [0, 0.1) is 23.7 Å². The van der Waals surface area contributed by atoms with E-state index >= 15 is 0 Å². The fourth-order valence-corrected chi connectivity index (χ4v) is 6.62. The fourth-order valence-electron chi connectivity index (χ4n) is 5.33. The molecule has 1 heterocycles. The van der Waals surface area contributed by atoms with Crippen LogP contribution >= 0.6 is 11.3 Å². The quantitative estimate of drug-likeness (QED) is 0.608. The molecule has 3 N–H and O–H groups in total. The maximum absolute atomic E-state index is 13.3. The number of thiophene rings is 1. The molecule has 2 bridgehead atoms. The van der Waals surface area contributed by atoms with Crippen molar-refractivity contribution in [1.29, 1.82) is 0 Å². The van der Waals surface area contributed by atoms with Crippen molar-refractivity contribution in [1.82, 2.24) is 0 Å². The van der Waals surface area contributed by atoms with Crippen molar-refractivity contribution in [3.8, 4) is 0 Å². The highest BCUT2D eigenvalue weighted by Gasteiger charge is 2.48. The van der Waals surface area contributed by atoms with Gasteiger partial charge in [0.15, 0.2) is 0 Å². The Balaban J connectivity index is 1.43. The second-order valence-electron chi connectivity index (χ2n) is 8.55. The Morgan fingerprint density at radius 1 is 0.935 bits per heavy atom. The van der Waals surface area contributed by atoms with Crippen LogP contribution in [0.4, 0.5) is 10.7 Å². The van der Waals surface area contributed by atoms with Crippen molar-refractivity contribution in [3.63, 3.8) is 0 Å². The van der Waals surface area contributed by atoms with Crippen LogP contribution in [0.2, 0.25) is 0 Å². The predicted octanol–water partition coefficient (Wildman–Crippen LogP) is 4.34. The van der Waals surface area contributed by atoms with E-state index in [0.717, 1.165) is 42.5 Å². The number of nitrogens with one attached hydrogen (secondary N) is 2. The molecule has 1 saturated carbocycles. The largest absolute Gasteiger partial charge is 0.481 e. The number of aryl methyl sites for hydroxylation is 1. The summed E-state index contributed by atoms with van der Waals surface area (Å²) in [4.78, 5) is 39.5. The van der Waals surface area contributed by atoms with Gasteiger partial charge in [-0.1, -0.05) is 30.4 Å². The Morgan fingerprint density at radius 3 is 2.32 bits per heavy atom. The summed E-state index contributed by atoms with van der Waals surface area (Å²) < 4.78 is 0. The zero-order valence-corrected chi connectivity index (χ0v) is 17.8. The zero-order valence-electron chi connectivity index (χ0n) is 17.0. The molecular weight excluding hydrogens is 412 g/mol. The van der Waals surface area contributed by atoms with Crippen LogP contribution in [0.1, 0.15) is 40.1 Å². The molecule has 2 aromatic rings. The third-order valence-corrected chi connectivity index (χ3v) is 7.96. The standard InChI is InChI=1S/C24H24N2O4S/c27-21(18-13-9-11-14(12-10-13)19(18)24(29)30)26-23-20(16-7-4-8-17(16)31-23)22(28)25-15-5-2-1-3-6-15/h1-3,5-6,9,11,13-14,18-19H,4,7-8,10,12H2,(H,25,28)(H,26,27)(H,29,30)/t13-,14+,18-,19-/m0/s1. The summed E-state index contributed by atoms with van der Waals surface area (Å²) in [6.45, 7) is 0. The molecule has 6 nitrogen and oxygen atoms in total. The number of aliphatic carboxylic acids is 1. The molecule has 6 rings (SSSR count). The Bertz CT molecular complexity index is 1070. The van der Waals surface area contributed by atoms with Gasteiger partial charge in [-0.25, -0.2) is 0 Å². The Kier molecular flexibility index (Phi) is 5.14. The first-order valence-corrected chi connectivity index (χ1v) is 11.6. The maximum Gasteiger partial charge on any atom is 0.307 e. The smallest absolute Gasteiger partial charge is 0.307 e.